The minimum atomic E-state index is -0.184. The van der Waals surface area contributed by atoms with Gasteiger partial charge in [-0.2, -0.15) is 0 Å². The fraction of sp³-hybridized carbons (Fsp3) is 0.375. The van der Waals surface area contributed by atoms with Crippen molar-refractivity contribution in [1.82, 2.24) is 10.2 Å². The second-order valence-electron chi connectivity index (χ2n) is 4.53. The molecule has 1 aromatic rings. The molecule has 1 N–H and O–H groups in total. The Kier molecular flexibility index (Phi) is 7.58. The highest BCUT2D eigenvalue weighted by Gasteiger charge is 2.09. The molecular weight excluding hydrogens is 268 g/mol. The molecule has 3 nitrogen and oxygen atoms in total. The molecule has 1 amide bonds. The Labute approximate surface area is 126 Å². The highest BCUT2D eigenvalue weighted by Crippen LogP contribution is 2.01. The van der Waals surface area contributed by atoms with E-state index in [1.54, 1.807) is 6.08 Å². The van der Waals surface area contributed by atoms with Gasteiger partial charge in [0.15, 0.2) is 5.11 Å². The van der Waals surface area contributed by atoms with Gasteiger partial charge >= 0.3 is 0 Å². The zero-order valence-electron chi connectivity index (χ0n) is 12.1. The normalized spacial score (nSPS) is 10.5. The molecule has 0 unspecified atom stereocenters. The van der Waals surface area contributed by atoms with Crippen molar-refractivity contribution in [1.29, 1.82) is 0 Å². The van der Waals surface area contributed by atoms with Gasteiger partial charge in [0.25, 0.3) is 0 Å². The molecule has 0 bridgehead atoms. The Bertz CT molecular complexity index is 451. The topological polar surface area (TPSA) is 32.3 Å². The van der Waals surface area contributed by atoms with E-state index in [9.17, 15) is 4.79 Å². The molecule has 0 atom stereocenters. The molecule has 0 aliphatic heterocycles. The largest absolute Gasteiger partial charge is 0.349 e. The van der Waals surface area contributed by atoms with Crippen LogP contribution in [0.15, 0.2) is 36.4 Å². The van der Waals surface area contributed by atoms with Crippen molar-refractivity contribution in [2.45, 2.75) is 26.7 Å². The molecule has 0 saturated heterocycles. The Morgan fingerprint density at radius 2 is 1.80 bits per heavy atom. The predicted octanol–water partition coefficient (Wildman–Crippen LogP) is 3.22. The zero-order chi connectivity index (χ0) is 14.8. The Morgan fingerprint density at radius 3 is 2.35 bits per heavy atom. The lowest BCUT2D eigenvalue weighted by atomic mass is 10.2. The summed E-state index contributed by atoms with van der Waals surface area (Å²) < 4.78 is 0. The molecule has 0 saturated carbocycles. The highest BCUT2D eigenvalue weighted by atomic mass is 32.1. The summed E-state index contributed by atoms with van der Waals surface area (Å²) in [7, 11) is 0. The quantitative estimate of drug-likeness (QED) is 0.645. The van der Waals surface area contributed by atoms with E-state index >= 15 is 0 Å². The molecule has 1 rings (SSSR count). The number of nitrogens with one attached hydrogen (secondary N) is 1. The Balaban J connectivity index is 2.52. The fourth-order valence-electron chi connectivity index (χ4n) is 1.82. The first-order valence-electron chi connectivity index (χ1n) is 7.00. The van der Waals surface area contributed by atoms with Crippen LogP contribution in [0.4, 0.5) is 0 Å². The lowest BCUT2D eigenvalue weighted by molar-refractivity contribution is -0.115. The van der Waals surface area contributed by atoms with Gasteiger partial charge in [0.05, 0.1) is 0 Å². The van der Waals surface area contributed by atoms with Crippen LogP contribution in [0.2, 0.25) is 0 Å². The van der Waals surface area contributed by atoms with E-state index in [0.29, 0.717) is 5.11 Å². The van der Waals surface area contributed by atoms with Crippen molar-refractivity contribution >= 4 is 29.3 Å². The van der Waals surface area contributed by atoms with Gasteiger partial charge in [-0.25, -0.2) is 0 Å². The summed E-state index contributed by atoms with van der Waals surface area (Å²) in [5, 5.41) is 3.26. The van der Waals surface area contributed by atoms with Crippen molar-refractivity contribution in [3.05, 3.63) is 42.0 Å². The molecule has 0 radical (unpaired) electrons. The number of carbonyl (C=O) groups excluding carboxylic acids is 1. The molecule has 0 fully saturated rings. The number of rotatable bonds is 6. The molecule has 0 spiro atoms. The third-order valence-electron chi connectivity index (χ3n) is 2.73. The first-order chi connectivity index (χ1) is 9.67. The zero-order valence-corrected chi connectivity index (χ0v) is 13.0. The SMILES string of the molecule is CCCN(CCC)C(=S)NC(=O)C=Cc1ccccc1. The summed E-state index contributed by atoms with van der Waals surface area (Å²) in [6.45, 7) is 5.94. The third-order valence-corrected chi connectivity index (χ3v) is 3.09. The van der Waals surface area contributed by atoms with E-state index in [0.717, 1.165) is 31.5 Å². The van der Waals surface area contributed by atoms with Gasteiger partial charge in [-0.05, 0) is 36.7 Å². The number of amides is 1. The summed E-state index contributed by atoms with van der Waals surface area (Å²) in [4.78, 5) is 13.9. The number of thiocarbonyl (C=S) groups is 1. The van der Waals surface area contributed by atoms with Crippen LogP contribution < -0.4 is 5.32 Å². The van der Waals surface area contributed by atoms with E-state index in [4.69, 9.17) is 12.2 Å². The first-order valence-corrected chi connectivity index (χ1v) is 7.41. The minimum Gasteiger partial charge on any atom is -0.349 e. The smallest absolute Gasteiger partial charge is 0.250 e. The van der Waals surface area contributed by atoms with E-state index in [2.05, 4.69) is 19.2 Å². The molecular formula is C16H22N2OS. The van der Waals surface area contributed by atoms with Gasteiger partial charge in [-0.3, -0.25) is 10.1 Å². The van der Waals surface area contributed by atoms with Crippen LogP contribution in [0.1, 0.15) is 32.3 Å². The van der Waals surface area contributed by atoms with E-state index in [1.165, 1.54) is 6.08 Å². The van der Waals surface area contributed by atoms with Gasteiger partial charge in [0.2, 0.25) is 5.91 Å². The van der Waals surface area contributed by atoms with Crippen LogP contribution in [0.3, 0.4) is 0 Å². The van der Waals surface area contributed by atoms with Gasteiger partial charge in [0, 0.05) is 19.2 Å². The molecule has 108 valence electrons. The van der Waals surface area contributed by atoms with Crippen molar-refractivity contribution in [3.63, 3.8) is 0 Å². The average molecular weight is 290 g/mol. The van der Waals surface area contributed by atoms with Crippen molar-refractivity contribution in [2.75, 3.05) is 13.1 Å². The summed E-state index contributed by atoms with van der Waals surface area (Å²) >= 11 is 5.27. The standard InChI is InChI=1S/C16H22N2OS/c1-3-12-18(13-4-2)16(20)17-15(19)11-10-14-8-6-5-7-9-14/h5-11H,3-4,12-13H2,1-2H3,(H,17,19,20). The average Bonchev–Trinajstić information content (AvgIpc) is 2.46. The van der Waals surface area contributed by atoms with Gasteiger partial charge in [-0.1, -0.05) is 44.2 Å². The van der Waals surface area contributed by atoms with Crippen molar-refractivity contribution in [2.24, 2.45) is 0 Å². The summed E-state index contributed by atoms with van der Waals surface area (Å²) in [5.41, 5.74) is 0.993. The van der Waals surface area contributed by atoms with E-state index < -0.39 is 0 Å². The van der Waals surface area contributed by atoms with Gasteiger partial charge in [-0.15, -0.1) is 0 Å². The van der Waals surface area contributed by atoms with Crippen LogP contribution in [-0.4, -0.2) is 29.0 Å². The fourth-order valence-corrected chi connectivity index (χ4v) is 2.10. The van der Waals surface area contributed by atoms with Crippen molar-refractivity contribution in [3.8, 4) is 0 Å². The third kappa shape index (κ3) is 5.97. The molecule has 0 aliphatic carbocycles. The first kappa shape index (κ1) is 16.4. The molecule has 1 aromatic carbocycles. The predicted molar refractivity (Wildman–Crippen MR) is 88.4 cm³/mol. The number of hydrogen-bond acceptors (Lipinski definition) is 2. The summed E-state index contributed by atoms with van der Waals surface area (Å²) in [6, 6.07) is 9.71. The maximum Gasteiger partial charge on any atom is 0.250 e. The number of nitrogens with zero attached hydrogens (tertiary/aromatic N) is 1. The maximum atomic E-state index is 11.8. The Hall–Kier alpha value is -1.68. The van der Waals surface area contributed by atoms with Gasteiger partial charge < -0.3 is 4.90 Å². The molecule has 0 heterocycles. The molecule has 0 aromatic heterocycles. The van der Waals surface area contributed by atoms with Crippen LogP contribution >= 0.6 is 12.2 Å². The number of hydrogen-bond donors (Lipinski definition) is 1. The highest BCUT2D eigenvalue weighted by molar-refractivity contribution is 7.80. The van der Waals surface area contributed by atoms with E-state index in [-0.39, 0.29) is 5.91 Å². The van der Waals surface area contributed by atoms with Crippen LogP contribution in [0, 0.1) is 0 Å². The monoisotopic (exact) mass is 290 g/mol. The van der Waals surface area contributed by atoms with Crippen LogP contribution in [0.5, 0.6) is 0 Å². The molecule has 4 heteroatoms. The lowest BCUT2D eigenvalue weighted by Crippen LogP contribution is -2.42. The molecule has 0 aliphatic rings. The minimum absolute atomic E-state index is 0.184. The van der Waals surface area contributed by atoms with Gasteiger partial charge in [0.1, 0.15) is 0 Å². The second kappa shape index (κ2) is 9.26. The van der Waals surface area contributed by atoms with Crippen LogP contribution in [0.25, 0.3) is 6.08 Å². The van der Waals surface area contributed by atoms with Crippen LogP contribution in [-0.2, 0) is 4.79 Å². The second-order valence-corrected chi connectivity index (χ2v) is 4.91. The number of benzene rings is 1. The van der Waals surface area contributed by atoms with Crippen molar-refractivity contribution < 1.29 is 4.79 Å². The van der Waals surface area contributed by atoms with E-state index in [1.807, 2.05) is 35.2 Å². The Morgan fingerprint density at radius 1 is 1.20 bits per heavy atom. The summed E-state index contributed by atoms with van der Waals surface area (Å²) in [5.74, 6) is -0.184. The summed E-state index contributed by atoms with van der Waals surface area (Å²) in [6.07, 6.45) is 5.31. The lowest BCUT2D eigenvalue weighted by Gasteiger charge is -2.23. The molecule has 20 heavy (non-hydrogen) atoms. The maximum absolute atomic E-state index is 11.8. The number of carbonyl (C=O) groups is 1.